The second kappa shape index (κ2) is 7.32. The van der Waals surface area contributed by atoms with E-state index in [0.29, 0.717) is 0 Å². The number of alkyl halides is 3. The zero-order chi connectivity index (χ0) is 19.5. The minimum atomic E-state index is -4.56. The summed E-state index contributed by atoms with van der Waals surface area (Å²) in [6.45, 7) is -0.691. The van der Waals surface area contributed by atoms with Crippen LogP contribution in [0, 0.1) is 5.82 Å². The monoisotopic (exact) mass is 391 g/mol. The lowest BCUT2D eigenvalue weighted by Gasteiger charge is -2.11. The van der Waals surface area contributed by atoms with Crippen LogP contribution in [-0.4, -0.2) is 27.2 Å². The van der Waals surface area contributed by atoms with E-state index in [9.17, 15) is 30.8 Å². The Balaban J connectivity index is 2.06. The zero-order valence-corrected chi connectivity index (χ0v) is 14.1. The van der Waals surface area contributed by atoms with Crippen LogP contribution >= 0.6 is 0 Å². The summed E-state index contributed by atoms with van der Waals surface area (Å²) < 4.78 is 79.4. The van der Waals surface area contributed by atoms with Gasteiger partial charge in [0, 0.05) is 6.26 Å². The second-order valence-corrected chi connectivity index (χ2v) is 7.29. The predicted molar refractivity (Wildman–Crippen MR) is 85.1 cm³/mol. The first-order chi connectivity index (χ1) is 12.0. The van der Waals surface area contributed by atoms with Gasteiger partial charge >= 0.3 is 6.18 Å². The van der Waals surface area contributed by atoms with Crippen LogP contribution in [-0.2, 0) is 20.8 Å². The first-order valence-electron chi connectivity index (χ1n) is 7.06. The van der Waals surface area contributed by atoms with Gasteiger partial charge in [-0.05, 0) is 36.4 Å². The van der Waals surface area contributed by atoms with Crippen LogP contribution in [0.15, 0.2) is 47.4 Å². The predicted octanol–water partition coefficient (Wildman–Crippen LogP) is 3.27. The normalized spacial score (nSPS) is 11.9. The summed E-state index contributed by atoms with van der Waals surface area (Å²) >= 11 is 0. The van der Waals surface area contributed by atoms with Crippen LogP contribution < -0.4 is 10.1 Å². The molecule has 26 heavy (non-hydrogen) atoms. The second-order valence-electron chi connectivity index (χ2n) is 5.28. The fourth-order valence-corrected chi connectivity index (χ4v) is 2.58. The first-order valence-corrected chi connectivity index (χ1v) is 8.95. The Kier molecular flexibility index (Phi) is 5.55. The average Bonchev–Trinajstić information content (AvgIpc) is 2.53. The van der Waals surface area contributed by atoms with Gasteiger partial charge in [0.25, 0.3) is 5.91 Å². The van der Waals surface area contributed by atoms with Crippen molar-refractivity contribution < 1.29 is 35.5 Å². The number of amides is 1. The third-order valence-corrected chi connectivity index (χ3v) is 4.28. The first kappa shape index (κ1) is 19.7. The summed E-state index contributed by atoms with van der Waals surface area (Å²) in [5.74, 6) is -1.93. The summed E-state index contributed by atoms with van der Waals surface area (Å²) in [6, 6.07) is 6.77. The maximum Gasteiger partial charge on any atom is 0.416 e. The summed E-state index contributed by atoms with van der Waals surface area (Å²) in [4.78, 5) is 11.6. The summed E-state index contributed by atoms with van der Waals surface area (Å²) in [7, 11) is -3.61. The van der Waals surface area contributed by atoms with Crippen molar-refractivity contribution in [1.29, 1.82) is 0 Å². The van der Waals surface area contributed by atoms with Gasteiger partial charge in [-0.15, -0.1) is 0 Å². The largest absolute Gasteiger partial charge is 0.484 e. The molecule has 0 aliphatic carbocycles. The third kappa shape index (κ3) is 5.19. The van der Waals surface area contributed by atoms with E-state index in [2.05, 4.69) is 5.32 Å². The van der Waals surface area contributed by atoms with Crippen LogP contribution in [0.4, 0.5) is 23.2 Å². The molecule has 0 aliphatic rings. The maximum atomic E-state index is 13.7. The van der Waals surface area contributed by atoms with E-state index in [1.807, 2.05) is 0 Å². The number of ether oxygens (including phenoxy) is 1. The number of rotatable bonds is 5. The number of carbonyl (C=O) groups excluding carboxylic acids is 1. The summed E-state index contributed by atoms with van der Waals surface area (Å²) in [5, 5.41) is 2.11. The fraction of sp³-hybridized carbons (Fsp3) is 0.188. The zero-order valence-electron chi connectivity index (χ0n) is 13.3. The molecule has 140 valence electrons. The fourth-order valence-electron chi connectivity index (χ4n) is 1.93. The molecule has 0 radical (unpaired) electrons. The third-order valence-electron chi connectivity index (χ3n) is 3.17. The molecule has 0 saturated carbocycles. The van der Waals surface area contributed by atoms with Crippen molar-refractivity contribution in [2.24, 2.45) is 0 Å². The van der Waals surface area contributed by atoms with Gasteiger partial charge < -0.3 is 10.1 Å². The van der Waals surface area contributed by atoms with E-state index >= 15 is 0 Å². The molecule has 5 nitrogen and oxygen atoms in total. The maximum absolute atomic E-state index is 13.7. The number of hydrogen-bond donors (Lipinski definition) is 1. The van der Waals surface area contributed by atoms with Gasteiger partial charge in [0.1, 0.15) is 11.6 Å². The number of anilines is 1. The number of nitrogens with one attached hydrogen (secondary N) is 1. The van der Waals surface area contributed by atoms with Crippen LogP contribution in [0.1, 0.15) is 5.56 Å². The standard InChI is InChI=1S/C16H13F4NO4S/c1-26(23,24)12-5-6-13(17)14(8-12)21-15(22)9-25-11-4-2-3-10(7-11)16(18,19)20/h2-8H,9H2,1H3,(H,21,22). The smallest absolute Gasteiger partial charge is 0.416 e. The molecule has 2 aromatic carbocycles. The highest BCUT2D eigenvalue weighted by Crippen LogP contribution is 2.31. The van der Waals surface area contributed by atoms with Gasteiger partial charge in [-0.1, -0.05) is 6.07 Å². The van der Waals surface area contributed by atoms with Gasteiger partial charge in [0.05, 0.1) is 16.1 Å². The van der Waals surface area contributed by atoms with E-state index in [0.717, 1.165) is 42.7 Å². The van der Waals surface area contributed by atoms with Crippen molar-refractivity contribution in [1.82, 2.24) is 0 Å². The lowest BCUT2D eigenvalue weighted by Crippen LogP contribution is -2.21. The molecule has 0 spiro atoms. The van der Waals surface area contributed by atoms with Crippen molar-refractivity contribution in [3.63, 3.8) is 0 Å². The van der Waals surface area contributed by atoms with E-state index in [4.69, 9.17) is 4.74 Å². The van der Waals surface area contributed by atoms with E-state index in [1.165, 1.54) is 6.07 Å². The number of halogens is 4. The number of sulfone groups is 1. The highest BCUT2D eigenvalue weighted by Gasteiger charge is 2.30. The molecule has 0 aromatic heterocycles. The van der Waals surface area contributed by atoms with Gasteiger partial charge in [-0.2, -0.15) is 13.2 Å². The van der Waals surface area contributed by atoms with E-state index < -0.39 is 39.9 Å². The van der Waals surface area contributed by atoms with Crippen molar-refractivity contribution in [3.8, 4) is 5.75 Å². The molecule has 0 unspecified atom stereocenters. The van der Waals surface area contributed by atoms with E-state index in [-0.39, 0.29) is 16.3 Å². The highest BCUT2D eigenvalue weighted by molar-refractivity contribution is 7.90. The Bertz CT molecular complexity index is 926. The Morgan fingerprint density at radius 3 is 2.46 bits per heavy atom. The molecular formula is C16H13F4NO4S. The Hall–Kier alpha value is -2.62. The molecule has 0 saturated heterocycles. The topological polar surface area (TPSA) is 72.5 Å². The highest BCUT2D eigenvalue weighted by atomic mass is 32.2. The SMILES string of the molecule is CS(=O)(=O)c1ccc(F)c(NC(=O)COc2cccc(C(F)(F)F)c2)c1. The molecule has 0 atom stereocenters. The lowest BCUT2D eigenvalue weighted by molar-refractivity contribution is -0.137. The van der Waals surface area contributed by atoms with Gasteiger partial charge in [-0.25, -0.2) is 12.8 Å². The van der Waals surface area contributed by atoms with E-state index in [1.54, 1.807) is 0 Å². The Morgan fingerprint density at radius 1 is 1.15 bits per heavy atom. The molecule has 1 N–H and O–H groups in total. The van der Waals surface area contributed by atoms with Gasteiger partial charge in [0.15, 0.2) is 16.4 Å². The molecular weight excluding hydrogens is 378 g/mol. The average molecular weight is 391 g/mol. The Labute approximate surface area is 146 Å². The number of carbonyl (C=O) groups is 1. The van der Waals surface area contributed by atoms with Crippen molar-refractivity contribution >= 4 is 21.4 Å². The van der Waals surface area contributed by atoms with Crippen LogP contribution in [0.2, 0.25) is 0 Å². The minimum absolute atomic E-state index is 0.194. The molecule has 2 rings (SSSR count). The van der Waals surface area contributed by atoms with Crippen molar-refractivity contribution in [3.05, 3.63) is 53.8 Å². The molecule has 0 heterocycles. The molecule has 1 amide bonds. The Morgan fingerprint density at radius 2 is 1.85 bits per heavy atom. The van der Waals surface area contributed by atoms with Crippen LogP contribution in [0.3, 0.4) is 0 Å². The lowest BCUT2D eigenvalue weighted by atomic mass is 10.2. The molecule has 0 fully saturated rings. The number of benzene rings is 2. The molecule has 2 aromatic rings. The minimum Gasteiger partial charge on any atom is -0.484 e. The molecule has 10 heteroatoms. The quantitative estimate of drug-likeness (QED) is 0.627. The molecule has 0 aliphatic heterocycles. The van der Waals surface area contributed by atoms with Gasteiger partial charge in [-0.3, -0.25) is 4.79 Å². The molecule has 0 bridgehead atoms. The van der Waals surface area contributed by atoms with Gasteiger partial charge in [0.2, 0.25) is 0 Å². The van der Waals surface area contributed by atoms with Crippen molar-refractivity contribution in [2.75, 3.05) is 18.2 Å². The van der Waals surface area contributed by atoms with Crippen LogP contribution in [0.25, 0.3) is 0 Å². The summed E-state index contributed by atoms with van der Waals surface area (Å²) in [6.07, 6.45) is -3.64. The van der Waals surface area contributed by atoms with Crippen molar-refractivity contribution in [2.45, 2.75) is 11.1 Å². The summed E-state index contributed by atoms with van der Waals surface area (Å²) in [5.41, 5.74) is -1.33. The number of hydrogen-bond acceptors (Lipinski definition) is 4. The van der Waals surface area contributed by atoms with Crippen LogP contribution in [0.5, 0.6) is 5.75 Å².